The summed E-state index contributed by atoms with van der Waals surface area (Å²) in [6.45, 7) is 0.538. The standard InChI is InChI=1S/C8H10N4S2/c9-4-8(2-1-3-8)10-5-12-7(13)14-6-11-12/h6,10H,1-3,5H2. The Balaban J connectivity index is 1.98. The molecule has 74 valence electrons. The molecule has 1 aromatic heterocycles. The van der Waals surface area contributed by atoms with Crippen LogP contribution in [0.1, 0.15) is 19.3 Å². The van der Waals surface area contributed by atoms with E-state index in [1.165, 1.54) is 11.3 Å². The molecule has 1 heterocycles. The molecule has 0 unspecified atom stereocenters. The molecule has 0 atom stereocenters. The molecule has 2 rings (SSSR count). The highest BCUT2D eigenvalue weighted by Gasteiger charge is 2.36. The SMILES string of the molecule is N#CC1(NCn2ncsc2=S)CCC1. The van der Waals surface area contributed by atoms with Crippen LogP contribution in [0, 0.1) is 15.3 Å². The summed E-state index contributed by atoms with van der Waals surface area (Å²) in [7, 11) is 0. The smallest absolute Gasteiger partial charge is 0.180 e. The van der Waals surface area contributed by atoms with Crippen molar-refractivity contribution in [2.75, 3.05) is 0 Å². The van der Waals surface area contributed by atoms with Crippen molar-refractivity contribution in [2.45, 2.75) is 31.5 Å². The summed E-state index contributed by atoms with van der Waals surface area (Å²) in [5.41, 5.74) is 1.39. The van der Waals surface area contributed by atoms with Gasteiger partial charge in [-0.25, -0.2) is 4.68 Å². The van der Waals surface area contributed by atoms with E-state index in [1.807, 2.05) is 0 Å². The van der Waals surface area contributed by atoms with Gasteiger partial charge in [0.25, 0.3) is 0 Å². The van der Waals surface area contributed by atoms with Crippen LogP contribution in [0.25, 0.3) is 0 Å². The lowest BCUT2D eigenvalue weighted by atomic mass is 9.78. The molecule has 1 fully saturated rings. The summed E-state index contributed by atoms with van der Waals surface area (Å²) in [6, 6.07) is 2.31. The lowest BCUT2D eigenvalue weighted by Gasteiger charge is -2.35. The molecule has 6 heteroatoms. The molecule has 0 saturated heterocycles. The van der Waals surface area contributed by atoms with Gasteiger partial charge in [-0.1, -0.05) is 11.3 Å². The molecule has 14 heavy (non-hydrogen) atoms. The number of hydrogen-bond acceptors (Lipinski definition) is 5. The molecular weight excluding hydrogens is 216 g/mol. The number of nitriles is 1. The Morgan fingerprint density at radius 1 is 1.79 bits per heavy atom. The summed E-state index contributed by atoms with van der Waals surface area (Å²) in [5.74, 6) is 0. The molecule has 1 aromatic rings. The van der Waals surface area contributed by atoms with Crippen molar-refractivity contribution in [3.05, 3.63) is 9.46 Å². The third-order valence-electron chi connectivity index (χ3n) is 2.54. The zero-order chi connectivity index (χ0) is 10.0. The molecule has 0 aliphatic heterocycles. The van der Waals surface area contributed by atoms with Crippen LogP contribution >= 0.6 is 23.6 Å². The van der Waals surface area contributed by atoms with E-state index < -0.39 is 0 Å². The van der Waals surface area contributed by atoms with E-state index in [4.69, 9.17) is 17.5 Å². The van der Waals surface area contributed by atoms with Gasteiger partial charge in [0.2, 0.25) is 0 Å². The Labute approximate surface area is 91.2 Å². The van der Waals surface area contributed by atoms with Gasteiger partial charge in [0.15, 0.2) is 3.95 Å². The molecule has 0 amide bonds. The summed E-state index contributed by atoms with van der Waals surface area (Å²) in [6.07, 6.45) is 2.99. The largest absolute Gasteiger partial charge is 0.280 e. The third-order valence-corrected chi connectivity index (χ3v) is 3.65. The minimum atomic E-state index is -0.321. The molecular formula is C8H10N4S2. The summed E-state index contributed by atoms with van der Waals surface area (Å²) in [5, 5.41) is 16.2. The highest BCUT2D eigenvalue weighted by atomic mass is 32.1. The lowest BCUT2D eigenvalue weighted by Crippen LogP contribution is -2.50. The Bertz CT molecular complexity index is 409. The first-order valence-corrected chi connectivity index (χ1v) is 5.71. The van der Waals surface area contributed by atoms with Crippen LogP contribution in [-0.4, -0.2) is 15.3 Å². The van der Waals surface area contributed by atoms with Gasteiger partial charge in [0, 0.05) is 0 Å². The Hall–Kier alpha value is -0.770. The first-order chi connectivity index (χ1) is 6.76. The summed E-state index contributed by atoms with van der Waals surface area (Å²) >= 11 is 6.49. The molecule has 1 saturated carbocycles. The van der Waals surface area contributed by atoms with Crippen LogP contribution < -0.4 is 5.32 Å². The van der Waals surface area contributed by atoms with E-state index in [9.17, 15) is 0 Å². The highest BCUT2D eigenvalue weighted by Crippen LogP contribution is 2.30. The first-order valence-electron chi connectivity index (χ1n) is 4.43. The first kappa shape index (κ1) is 9.77. The van der Waals surface area contributed by atoms with Crippen LogP contribution in [0.2, 0.25) is 0 Å². The van der Waals surface area contributed by atoms with Crippen molar-refractivity contribution in [1.82, 2.24) is 15.1 Å². The Morgan fingerprint density at radius 2 is 2.57 bits per heavy atom. The molecule has 1 aliphatic carbocycles. The van der Waals surface area contributed by atoms with Gasteiger partial charge < -0.3 is 0 Å². The Morgan fingerprint density at radius 3 is 3.00 bits per heavy atom. The second-order valence-corrected chi connectivity index (χ2v) is 4.86. The van der Waals surface area contributed by atoms with Crippen LogP contribution in [0.5, 0.6) is 0 Å². The topological polar surface area (TPSA) is 53.6 Å². The van der Waals surface area contributed by atoms with Crippen LogP contribution in [0.15, 0.2) is 5.51 Å². The number of nitrogens with zero attached hydrogens (tertiary/aromatic N) is 3. The molecule has 1 aliphatic rings. The van der Waals surface area contributed by atoms with Crippen LogP contribution in [0.4, 0.5) is 0 Å². The van der Waals surface area contributed by atoms with Crippen LogP contribution in [-0.2, 0) is 6.67 Å². The fourth-order valence-electron chi connectivity index (χ4n) is 1.42. The van der Waals surface area contributed by atoms with E-state index >= 15 is 0 Å². The van der Waals surface area contributed by atoms with Gasteiger partial charge in [-0.05, 0) is 31.5 Å². The molecule has 4 nitrogen and oxygen atoms in total. The average molecular weight is 226 g/mol. The minimum absolute atomic E-state index is 0.321. The fraction of sp³-hybridized carbons (Fsp3) is 0.625. The molecule has 0 radical (unpaired) electrons. The van der Waals surface area contributed by atoms with Crippen molar-refractivity contribution >= 4 is 23.6 Å². The molecule has 0 bridgehead atoms. The van der Waals surface area contributed by atoms with Gasteiger partial charge in [-0.3, -0.25) is 5.32 Å². The lowest BCUT2D eigenvalue weighted by molar-refractivity contribution is 0.231. The van der Waals surface area contributed by atoms with E-state index in [2.05, 4.69) is 16.5 Å². The average Bonchev–Trinajstić information content (AvgIpc) is 2.51. The van der Waals surface area contributed by atoms with Gasteiger partial charge in [0.1, 0.15) is 11.0 Å². The predicted octanol–water partition coefficient (Wildman–Crippen LogP) is 1.67. The van der Waals surface area contributed by atoms with Crippen LogP contribution in [0.3, 0.4) is 0 Å². The van der Waals surface area contributed by atoms with Gasteiger partial charge >= 0.3 is 0 Å². The predicted molar refractivity (Wildman–Crippen MR) is 56.3 cm³/mol. The number of aromatic nitrogens is 2. The van der Waals surface area contributed by atoms with E-state index in [0.717, 1.165) is 23.2 Å². The van der Waals surface area contributed by atoms with Crippen molar-refractivity contribution in [2.24, 2.45) is 0 Å². The zero-order valence-electron chi connectivity index (χ0n) is 7.56. The molecule has 1 N–H and O–H groups in total. The number of hydrogen-bond donors (Lipinski definition) is 1. The molecule has 0 spiro atoms. The highest BCUT2D eigenvalue weighted by molar-refractivity contribution is 7.73. The maximum Gasteiger partial charge on any atom is 0.180 e. The maximum atomic E-state index is 8.97. The van der Waals surface area contributed by atoms with Crippen molar-refractivity contribution in [3.63, 3.8) is 0 Å². The Kier molecular flexibility index (Phi) is 2.63. The summed E-state index contributed by atoms with van der Waals surface area (Å²) in [4.78, 5) is 0. The van der Waals surface area contributed by atoms with Gasteiger partial charge in [0.05, 0.1) is 12.7 Å². The van der Waals surface area contributed by atoms with Gasteiger partial charge in [-0.15, -0.1) is 0 Å². The minimum Gasteiger partial charge on any atom is -0.280 e. The zero-order valence-corrected chi connectivity index (χ0v) is 9.20. The molecule has 0 aromatic carbocycles. The second-order valence-electron chi connectivity index (χ2n) is 3.39. The van der Waals surface area contributed by atoms with E-state index in [-0.39, 0.29) is 5.54 Å². The maximum absolute atomic E-state index is 8.97. The summed E-state index contributed by atoms with van der Waals surface area (Å²) < 4.78 is 2.45. The quantitative estimate of drug-likeness (QED) is 0.797. The van der Waals surface area contributed by atoms with Crippen molar-refractivity contribution < 1.29 is 0 Å². The fourth-order valence-corrected chi connectivity index (χ4v) is 2.15. The third kappa shape index (κ3) is 1.71. The number of rotatable bonds is 3. The monoisotopic (exact) mass is 226 g/mol. The van der Waals surface area contributed by atoms with E-state index in [1.54, 1.807) is 10.2 Å². The van der Waals surface area contributed by atoms with E-state index in [0.29, 0.717) is 6.67 Å². The normalized spacial score (nSPS) is 18.5. The second kappa shape index (κ2) is 3.77. The van der Waals surface area contributed by atoms with Gasteiger partial charge in [-0.2, -0.15) is 10.4 Å². The van der Waals surface area contributed by atoms with Crippen molar-refractivity contribution in [1.29, 1.82) is 5.26 Å². The number of nitrogens with one attached hydrogen (secondary N) is 1. The van der Waals surface area contributed by atoms with Crippen molar-refractivity contribution in [3.8, 4) is 6.07 Å².